The Morgan fingerprint density at radius 1 is 0.600 bits per heavy atom. The van der Waals surface area contributed by atoms with Crippen LogP contribution >= 0.6 is 0 Å². The van der Waals surface area contributed by atoms with Crippen LogP contribution in [0, 0.1) is 5.41 Å². The van der Waals surface area contributed by atoms with Crippen LogP contribution in [0.15, 0.2) is 152 Å². The molecule has 0 unspecified atom stereocenters. The number of para-hydroxylation sites is 1. The number of benzene rings is 6. The molecule has 2 aromatic heterocycles. The van der Waals surface area contributed by atoms with E-state index in [0.717, 1.165) is 52.4 Å². The number of aromatic nitrogens is 2. The van der Waals surface area contributed by atoms with Gasteiger partial charge in [-0.3, -0.25) is 0 Å². The zero-order chi connectivity index (χ0) is 41.1. The number of ether oxygens (including phenoxy) is 2. The van der Waals surface area contributed by atoms with Crippen molar-refractivity contribution in [2.45, 2.75) is 59.8 Å². The third-order valence-corrected chi connectivity index (χ3v) is 12.4. The highest BCUT2D eigenvalue weighted by Gasteiger charge is 2.27. The van der Waals surface area contributed by atoms with Gasteiger partial charge < -0.3 is 18.6 Å². The number of fused-ring (bicyclic) bond motifs is 8. The Bertz CT molecular complexity index is 3350. The zero-order valence-electron chi connectivity index (χ0n) is 35.2. The van der Waals surface area contributed by atoms with E-state index in [9.17, 15) is 0 Å². The van der Waals surface area contributed by atoms with Crippen LogP contribution in [0.2, 0.25) is 0 Å². The van der Waals surface area contributed by atoms with Crippen LogP contribution in [0.4, 0.5) is 0 Å². The van der Waals surface area contributed by atoms with Gasteiger partial charge in [-0.15, -0.1) is 0 Å². The van der Waals surface area contributed by atoms with Crippen LogP contribution in [-0.4, -0.2) is 9.13 Å². The largest absolute Gasteiger partial charge is 0.458 e. The van der Waals surface area contributed by atoms with Crippen molar-refractivity contribution in [1.82, 2.24) is 9.13 Å². The summed E-state index contributed by atoms with van der Waals surface area (Å²) in [5.74, 6) is 3.50. The van der Waals surface area contributed by atoms with Crippen molar-refractivity contribution in [3.63, 3.8) is 0 Å². The normalized spacial score (nSPS) is 15.4. The van der Waals surface area contributed by atoms with Gasteiger partial charge in [0.25, 0.3) is 0 Å². The van der Waals surface area contributed by atoms with Crippen molar-refractivity contribution < 1.29 is 9.47 Å². The van der Waals surface area contributed by atoms with E-state index < -0.39 is 0 Å². The summed E-state index contributed by atoms with van der Waals surface area (Å²) in [7, 11) is 0. The van der Waals surface area contributed by atoms with Crippen molar-refractivity contribution in [2.24, 2.45) is 5.41 Å². The second kappa shape index (κ2) is 13.1. The Morgan fingerprint density at radius 3 is 1.90 bits per heavy atom. The summed E-state index contributed by atoms with van der Waals surface area (Å²) < 4.78 is 17.7. The van der Waals surface area contributed by atoms with Gasteiger partial charge >= 0.3 is 0 Å². The monoisotopic (exact) mass is 780 g/mol. The Hall–Kier alpha value is -6.78. The first kappa shape index (κ1) is 36.3. The van der Waals surface area contributed by atoms with Gasteiger partial charge in [0.15, 0.2) is 11.5 Å². The Balaban J connectivity index is 0.967. The Kier molecular flexibility index (Phi) is 7.93. The molecule has 0 bridgehead atoms. The first-order valence-electron chi connectivity index (χ1n) is 21.2. The molecule has 0 fully saturated rings. The highest BCUT2D eigenvalue weighted by molar-refractivity contribution is 6.13. The third-order valence-electron chi connectivity index (χ3n) is 12.4. The predicted molar refractivity (Wildman–Crippen MR) is 251 cm³/mol. The van der Waals surface area contributed by atoms with E-state index in [1.165, 1.54) is 71.4 Å². The van der Waals surface area contributed by atoms with Crippen LogP contribution in [0.3, 0.4) is 0 Å². The van der Waals surface area contributed by atoms with Crippen molar-refractivity contribution in [3.8, 4) is 50.6 Å². The smallest absolute Gasteiger partial charge is 0.152 e. The number of hydrogen-bond donors (Lipinski definition) is 0. The average molecular weight is 781 g/mol. The maximum Gasteiger partial charge on any atom is 0.152 e. The zero-order valence-corrected chi connectivity index (χ0v) is 35.2. The maximum atomic E-state index is 6.59. The molecule has 0 N–H and O–H groups in total. The molecular formula is C56H48N2O2. The summed E-state index contributed by atoms with van der Waals surface area (Å²) in [6, 6.07) is 44.8. The van der Waals surface area contributed by atoms with Gasteiger partial charge in [-0.25, -0.2) is 0 Å². The predicted octanol–water partition coefficient (Wildman–Crippen LogP) is 13.8. The summed E-state index contributed by atoms with van der Waals surface area (Å²) in [4.78, 5) is 0. The summed E-state index contributed by atoms with van der Waals surface area (Å²) in [6.45, 7) is 17.7. The molecule has 0 radical (unpaired) electrons. The van der Waals surface area contributed by atoms with Crippen LogP contribution in [0.25, 0.3) is 89.3 Å². The molecule has 6 aromatic carbocycles. The molecule has 294 valence electrons. The van der Waals surface area contributed by atoms with Crippen molar-refractivity contribution in [1.29, 1.82) is 0 Å². The standard InChI is InChI=1S/C56H48N2O2/c1-34-46(19-12-28-55(2,3)4)57-47-25-22-39(31-44(47)42-17-10-20-50(59-34)53(42)57)37-15-8-13-35(29-37)36-14-9-16-38(30-36)40-23-26-48-45(32-40)43-18-11-21-51-54(43)58(48)49-27-24-41(56(5,6)7)33-52(49)60-51/h8-9,11-19,21-33H,1,10,20H2,2-7H3/b28-12+,46-19+. The molecule has 4 nitrogen and oxygen atoms in total. The summed E-state index contributed by atoms with van der Waals surface area (Å²) in [6.07, 6.45) is 10.7. The molecule has 4 heterocycles. The summed E-state index contributed by atoms with van der Waals surface area (Å²) in [5, 5.41) is 6.06. The fraction of sp³-hybridized carbons (Fsp3) is 0.179. The van der Waals surface area contributed by atoms with Gasteiger partial charge in [0, 0.05) is 27.8 Å². The Labute approximate surface area is 351 Å². The van der Waals surface area contributed by atoms with E-state index in [4.69, 9.17) is 9.47 Å². The SMILES string of the molecule is C=C1OC2=c3c(c4cc(-c5cccc(-c6cccc(-c7ccc8c(c7)c7cccc9c7n8-c7ccc(C(C)(C)C)cc7O9)c6)c5)ccc4n3/C1=C/C=C/C(C)(C)C)=CCC2. The summed E-state index contributed by atoms with van der Waals surface area (Å²) in [5.41, 5.74) is 14.0. The van der Waals surface area contributed by atoms with Crippen molar-refractivity contribution >= 4 is 50.2 Å². The fourth-order valence-electron chi connectivity index (χ4n) is 9.38. The van der Waals surface area contributed by atoms with E-state index in [-0.39, 0.29) is 10.8 Å². The van der Waals surface area contributed by atoms with Crippen molar-refractivity contribution in [2.75, 3.05) is 0 Å². The molecule has 0 atom stereocenters. The van der Waals surface area contributed by atoms with Crippen LogP contribution in [-0.2, 0) is 10.2 Å². The highest BCUT2D eigenvalue weighted by atomic mass is 16.5. The molecule has 11 rings (SSSR count). The molecule has 2 aliphatic heterocycles. The lowest BCUT2D eigenvalue weighted by atomic mass is 9.87. The van der Waals surface area contributed by atoms with Crippen LogP contribution in [0.1, 0.15) is 59.9 Å². The number of allylic oxidation sites excluding steroid dienone is 4. The summed E-state index contributed by atoms with van der Waals surface area (Å²) >= 11 is 0. The molecule has 60 heavy (non-hydrogen) atoms. The molecule has 4 heteroatoms. The molecule has 0 saturated heterocycles. The molecule has 8 aromatic rings. The van der Waals surface area contributed by atoms with Gasteiger partial charge in [-0.2, -0.15) is 0 Å². The topological polar surface area (TPSA) is 28.3 Å². The molecule has 0 amide bonds. The first-order chi connectivity index (χ1) is 28.9. The van der Waals surface area contributed by atoms with Gasteiger partial charge in [0.2, 0.25) is 0 Å². The van der Waals surface area contributed by atoms with Gasteiger partial charge in [0.1, 0.15) is 11.5 Å². The van der Waals surface area contributed by atoms with Crippen molar-refractivity contribution in [3.05, 3.63) is 168 Å². The fourth-order valence-corrected chi connectivity index (χ4v) is 9.38. The molecular weight excluding hydrogens is 733 g/mol. The number of rotatable bonds is 4. The molecule has 0 spiro atoms. The lowest BCUT2D eigenvalue weighted by Gasteiger charge is -2.25. The maximum absolute atomic E-state index is 6.59. The van der Waals surface area contributed by atoms with E-state index >= 15 is 0 Å². The van der Waals surface area contributed by atoms with Gasteiger partial charge in [-0.1, -0.05) is 133 Å². The highest BCUT2D eigenvalue weighted by Crippen LogP contribution is 2.47. The lowest BCUT2D eigenvalue weighted by Crippen LogP contribution is -2.37. The average Bonchev–Trinajstić information content (AvgIpc) is 3.75. The van der Waals surface area contributed by atoms with Crippen LogP contribution < -0.4 is 15.3 Å². The molecule has 1 aliphatic carbocycles. The van der Waals surface area contributed by atoms with Gasteiger partial charge in [0.05, 0.1) is 33.3 Å². The minimum atomic E-state index is 0.0299. The molecule has 0 saturated carbocycles. The third kappa shape index (κ3) is 5.80. The van der Waals surface area contributed by atoms with E-state index in [0.29, 0.717) is 5.76 Å². The molecule has 3 aliphatic rings. The number of hydrogen-bond acceptors (Lipinski definition) is 2. The van der Waals surface area contributed by atoms with E-state index in [1.807, 2.05) is 0 Å². The minimum absolute atomic E-state index is 0.0299. The van der Waals surface area contributed by atoms with Gasteiger partial charge in [-0.05, 0) is 117 Å². The second-order valence-electron chi connectivity index (χ2n) is 18.7. The lowest BCUT2D eigenvalue weighted by molar-refractivity contribution is 0.368. The van der Waals surface area contributed by atoms with E-state index in [2.05, 4.69) is 203 Å². The minimum Gasteiger partial charge on any atom is -0.458 e. The second-order valence-corrected chi connectivity index (χ2v) is 18.7. The van der Waals surface area contributed by atoms with E-state index in [1.54, 1.807) is 0 Å². The first-order valence-corrected chi connectivity index (χ1v) is 21.2. The quantitative estimate of drug-likeness (QED) is 0.178. The number of nitrogens with zero attached hydrogens (tertiary/aromatic N) is 2. The van der Waals surface area contributed by atoms with Crippen LogP contribution in [0.5, 0.6) is 11.5 Å². The Morgan fingerprint density at radius 2 is 1.23 bits per heavy atom.